The number of carboxylic acids is 1. The Morgan fingerprint density at radius 3 is 2.50 bits per heavy atom. The predicted octanol–water partition coefficient (Wildman–Crippen LogP) is 1.10. The number of rotatable bonds is 6. The Morgan fingerprint density at radius 2 is 2.00 bits per heavy atom. The topological polar surface area (TPSA) is 69.6 Å². The smallest absolute Gasteiger partial charge is 0.306 e. The van der Waals surface area contributed by atoms with Crippen molar-refractivity contribution in [1.82, 2.24) is 5.32 Å². The highest BCUT2D eigenvalue weighted by atomic mass is 16.4. The number of carbonyl (C=O) groups is 1. The lowest BCUT2D eigenvalue weighted by Crippen LogP contribution is -2.31. The van der Waals surface area contributed by atoms with Crippen molar-refractivity contribution < 1.29 is 15.0 Å². The number of aliphatic carboxylic acids is 1. The van der Waals surface area contributed by atoms with Gasteiger partial charge in [0.2, 0.25) is 0 Å². The molecule has 0 bridgehead atoms. The van der Waals surface area contributed by atoms with Crippen LogP contribution in [0.5, 0.6) is 0 Å². The normalized spacial score (nSPS) is 27.6. The first-order valence-corrected chi connectivity index (χ1v) is 6.17. The minimum Gasteiger partial charge on any atom is -0.481 e. The van der Waals surface area contributed by atoms with Gasteiger partial charge >= 0.3 is 5.97 Å². The van der Waals surface area contributed by atoms with E-state index in [1.807, 2.05) is 6.92 Å². The fourth-order valence-corrected chi connectivity index (χ4v) is 2.21. The van der Waals surface area contributed by atoms with Gasteiger partial charge in [-0.3, -0.25) is 4.79 Å². The van der Waals surface area contributed by atoms with E-state index < -0.39 is 5.97 Å². The zero-order valence-corrected chi connectivity index (χ0v) is 9.98. The summed E-state index contributed by atoms with van der Waals surface area (Å²) in [6.45, 7) is 4.03. The lowest BCUT2D eigenvalue weighted by molar-refractivity contribution is -0.143. The van der Waals surface area contributed by atoms with E-state index in [9.17, 15) is 4.79 Å². The molecular weight excluding hydrogens is 206 g/mol. The van der Waals surface area contributed by atoms with Crippen molar-refractivity contribution in [3.05, 3.63) is 0 Å². The largest absolute Gasteiger partial charge is 0.481 e. The summed E-state index contributed by atoms with van der Waals surface area (Å²) < 4.78 is 0. The molecule has 94 valence electrons. The van der Waals surface area contributed by atoms with Crippen molar-refractivity contribution in [3.8, 4) is 0 Å². The van der Waals surface area contributed by atoms with Gasteiger partial charge in [0.1, 0.15) is 0 Å². The molecule has 1 saturated carbocycles. The number of hydrogen-bond donors (Lipinski definition) is 3. The van der Waals surface area contributed by atoms with Crippen LogP contribution in [0.2, 0.25) is 0 Å². The van der Waals surface area contributed by atoms with Gasteiger partial charge < -0.3 is 15.5 Å². The van der Waals surface area contributed by atoms with Crippen molar-refractivity contribution in [2.24, 2.45) is 17.8 Å². The Kier molecular flexibility index (Phi) is 5.77. The first-order valence-electron chi connectivity index (χ1n) is 6.17. The Morgan fingerprint density at radius 1 is 1.38 bits per heavy atom. The van der Waals surface area contributed by atoms with Crippen LogP contribution >= 0.6 is 0 Å². The highest BCUT2D eigenvalue weighted by Gasteiger charge is 2.25. The third kappa shape index (κ3) is 4.49. The van der Waals surface area contributed by atoms with Crippen molar-refractivity contribution in [1.29, 1.82) is 0 Å². The van der Waals surface area contributed by atoms with Gasteiger partial charge in [0.25, 0.3) is 0 Å². The first-order chi connectivity index (χ1) is 7.63. The molecule has 0 heterocycles. The summed E-state index contributed by atoms with van der Waals surface area (Å²) in [7, 11) is 0. The maximum absolute atomic E-state index is 10.8. The van der Waals surface area contributed by atoms with E-state index in [-0.39, 0.29) is 12.5 Å². The zero-order chi connectivity index (χ0) is 12.0. The van der Waals surface area contributed by atoms with Crippen LogP contribution < -0.4 is 5.32 Å². The minimum absolute atomic E-state index is 0.118. The average molecular weight is 229 g/mol. The minimum atomic E-state index is -0.639. The molecule has 0 aromatic rings. The Balaban J connectivity index is 2.10. The zero-order valence-electron chi connectivity index (χ0n) is 9.98. The van der Waals surface area contributed by atoms with Gasteiger partial charge in [-0.05, 0) is 50.6 Å². The van der Waals surface area contributed by atoms with Crippen LogP contribution in [0.4, 0.5) is 0 Å². The van der Waals surface area contributed by atoms with Crippen molar-refractivity contribution in [3.63, 3.8) is 0 Å². The molecular formula is C12H23NO3. The molecule has 3 N–H and O–H groups in total. The molecule has 4 nitrogen and oxygen atoms in total. The third-order valence-electron chi connectivity index (χ3n) is 3.43. The van der Waals surface area contributed by atoms with Crippen molar-refractivity contribution in [2.45, 2.75) is 32.6 Å². The van der Waals surface area contributed by atoms with Crippen LogP contribution in [0.15, 0.2) is 0 Å². The van der Waals surface area contributed by atoms with E-state index in [4.69, 9.17) is 10.2 Å². The Hall–Kier alpha value is -0.610. The Labute approximate surface area is 97.0 Å². The molecule has 0 spiro atoms. The average Bonchev–Trinajstić information content (AvgIpc) is 2.29. The van der Waals surface area contributed by atoms with Gasteiger partial charge in [-0.1, -0.05) is 6.92 Å². The van der Waals surface area contributed by atoms with Crippen LogP contribution in [0, 0.1) is 17.8 Å². The molecule has 0 radical (unpaired) electrons. The summed E-state index contributed by atoms with van der Waals surface area (Å²) in [5, 5.41) is 21.1. The highest BCUT2D eigenvalue weighted by molar-refractivity contribution is 5.69. The van der Waals surface area contributed by atoms with Crippen LogP contribution in [-0.2, 0) is 4.79 Å². The second-order valence-corrected chi connectivity index (χ2v) is 5.00. The van der Waals surface area contributed by atoms with Gasteiger partial charge in [-0.25, -0.2) is 0 Å². The van der Waals surface area contributed by atoms with Gasteiger partial charge in [0.15, 0.2) is 0 Å². The molecule has 1 unspecified atom stereocenters. The molecule has 0 aliphatic heterocycles. The van der Waals surface area contributed by atoms with Gasteiger partial charge in [-0.2, -0.15) is 0 Å². The quantitative estimate of drug-likeness (QED) is 0.638. The molecule has 1 aliphatic rings. The molecule has 0 aromatic heterocycles. The fourth-order valence-electron chi connectivity index (χ4n) is 2.21. The predicted molar refractivity (Wildman–Crippen MR) is 62.2 cm³/mol. The number of carboxylic acid groups (broad SMARTS) is 1. The maximum Gasteiger partial charge on any atom is 0.306 e. The fraction of sp³-hybridized carbons (Fsp3) is 0.917. The standard InChI is InChI=1S/C12H23NO3/c1-9(8-14)6-13-7-10-2-4-11(5-3-10)12(15)16/h9-11,13-14H,2-8H2,1H3,(H,15,16). The number of aliphatic hydroxyl groups excluding tert-OH is 1. The van der Waals surface area contributed by atoms with Crippen molar-refractivity contribution in [2.75, 3.05) is 19.7 Å². The molecule has 1 atom stereocenters. The summed E-state index contributed by atoms with van der Waals surface area (Å²) in [4.78, 5) is 10.8. The van der Waals surface area contributed by atoms with E-state index in [1.165, 1.54) is 0 Å². The second kappa shape index (κ2) is 6.86. The van der Waals surface area contributed by atoms with Gasteiger partial charge in [0.05, 0.1) is 5.92 Å². The van der Waals surface area contributed by atoms with Crippen LogP contribution in [-0.4, -0.2) is 35.9 Å². The summed E-state index contributed by atoms with van der Waals surface area (Å²) in [6, 6.07) is 0. The molecule has 0 amide bonds. The summed E-state index contributed by atoms with van der Waals surface area (Å²) in [6.07, 6.45) is 3.66. The lowest BCUT2D eigenvalue weighted by Gasteiger charge is -2.26. The summed E-state index contributed by atoms with van der Waals surface area (Å²) in [5.74, 6) is 0.157. The van der Waals surface area contributed by atoms with E-state index in [1.54, 1.807) is 0 Å². The molecule has 0 saturated heterocycles. The first kappa shape index (κ1) is 13.5. The lowest BCUT2D eigenvalue weighted by atomic mass is 9.82. The van der Waals surface area contributed by atoms with Crippen LogP contribution in [0.25, 0.3) is 0 Å². The van der Waals surface area contributed by atoms with E-state index in [0.29, 0.717) is 11.8 Å². The van der Waals surface area contributed by atoms with E-state index in [2.05, 4.69) is 5.32 Å². The molecule has 1 fully saturated rings. The molecule has 0 aromatic carbocycles. The Bertz CT molecular complexity index is 212. The van der Waals surface area contributed by atoms with Crippen molar-refractivity contribution >= 4 is 5.97 Å². The van der Waals surface area contributed by atoms with Gasteiger partial charge in [0, 0.05) is 6.61 Å². The highest BCUT2D eigenvalue weighted by Crippen LogP contribution is 2.28. The van der Waals surface area contributed by atoms with E-state index in [0.717, 1.165) is 38.8 Å². The molecule has 1 rings (SSSR count). The second-order valence-electron chi connectivity index (χ2n) is 5.00. The molecule has 16 heavy (non-hydrogen) atoms. The summed E-state index contributed by atoms with van der Waals surface area (Å²) >= 11 is 0. The summed E-state index contributed by atoms with van der Waals surface area (Å²) in [5.41, 5.74) is 0. The number of nitrogens with one attached hydrogen (secondary N) is 1. The maximum atomic E-state index is 10.8. The SMILES string of the molecule is CC(CO)CNCC1CCC(C(=O)O)CC1. The monoisotopic (exact) mass is 229 g/mol. The van der Waals surface area contributed by atoms with Crippen LogP contribution in [0.1, 0.15) is 32.6 Å². The third-order valence-corrected chi connectivity index (χ3v) is 3.43. The van der Waals surface area contributed by atoms with Gasteiger partial charge in [-0.15, -0.1) is 0 Å². The molecule has 1 aliphatic carbocycles. The van der Waals surface area contributed by atoms with Crippen LogP contribution in [0.3, 0.4) is 0 Å². The number of hydrogen-bond acceptors (Lipinski definition) is 3. The molecule has 4 heteroatoms. The van der Waals surface area contributed by atoms with E-state index >= 15 is 0 Å². The number of aliphatic hydroxyl groups is 1.